The molecule has 0 saturated carbocycles. The number of allylic oxidation sites excluding steroid dienone is 1. The van der Waals surface area contributed by atoms with E-state index in [0.29, 0.717) is 12.0 Å². The van der Waals surface area contributed by atoms with Crippen LogP contribution in [0.25, 0.3) is 16.5 Å². The summed E-state index contributed by atoms with van der Waals surface area (Å²) in [5.41, 5.74) is 2.45. The van der Waals surface area contributed by atoms with Crippen LogP contribution in [0.5, 0.6) is 0 Å². The van der Waals surface area contributed by atoms with Crippen LogP contribution in [-0.4, -0.2) is 52.0 Å². The van der Waals surface area contributed by atoms with Crippen LogP contribution in [0.15, 0.2) is 53.5 Å². The zero-order chi connectivity index (χ0) is 22.9. The Kier molecular flexibility index (Phi) is 5.36. The van der Waals surface area contributed by atoms with Crippen molar-refractivity contribution in [1.29, 1.82) is 5.26 Å². The highest BCUT2D eigenvalue weighted by atomic mass is 16.6. The molecule has 1 saturated heterocycles. The molecule has 0 spiro atoms. The molecule has 2 aromatic heterocycles. The molecular weight excluding hydrogens is 420 g/mol. The number of anilines is 1. The Balaban J connectivity index is 1.36. The number of hydrogen-bond donors (Lipinski definition) is 1. The third-order valence-corrected chi connectivity index (χ3v) is 6.50. The molecule has 1 N–H and O–H groups in total. The lowest BCUT2D eigenvalue weighted by atomic mass is 10.1. The maximum Gasteiger partial charge on any atom is 0.319 e. The Hall–Kier alpha value is -4.03. The van der Waals surface area contributed by atoms with E-state index in [-0.39, 0.29) is 33.9 Å². The number of nitrogens with one attached hydrogen (secondary N) is 1. The largest absolute Gasteiger partial charge is 0.369 e. The summed E-state index contributed by atoms with van der Waals surface area (Å²) >= 11 is 0. The number of hydrogen-bond acceptors (Lipinski definition) is 7. The second kappa shape index (κ2) is 8.48. The van der Waals surface area contributed by atoms with Gasteiger partial charge in [0.05, 0.1) is 21.9 Å². The molecule has 0 amide bonds. The van der Waals surface area contributed by atoms with Crippen LogP contribution >= 0.6 is 0 Å². The second-order valence-electron chi connectivity index (χ2n) is 8.31. The first kappa shape index (κ1) is 20.8. The minimum atomic E-state index is -0.453. The Labute approximate surface area is 189 Å². The summed E-state index contributed by atoms with van der Waals surface area (Å²) in [4.78, 5) is 35.5. The van der Waals surface area contributed by atoms with Crippen LogP contribution in [-0.2, 0) is 0 Å². The van der Waals surface area contributed by atoms with Crippen molar-refractivity contribution in [3.8, 4) is 6.07 Å². The van der Waals surface area contributed by atoms with Gasteiger partial charge in [0, 0.05) is 44.1 Å². The quantitative estimate of drug-likeness (QED) is 0.487. The van der Waals surface area contributed by atoms with Gasteiger partial charge in [-0.25, -0.2) is 4.98 Å². The van der Waals surface area contributed by atoms with Crippen molar-refractivity contribution in [3.05, 3.63) is 80.4 Å². The van der Waals surface area contributed by atoms with Crippen LogP contribution in [0.1, 0.15) is 24.1 Å². The highest BCUT2D eigenvalue weighted by molar-refractivity contribution is 5.91. The number of piperazine rings is 1. The first-order chi connectivity index (χ1) is 16.0. The Morgan fingerprint density at radius 3 is 2.61 bits per heavy atom. The third kappa shape index (κ3) is 3.85. The van der Waals surface area contributed by atoms with E-state index < -0.39 is 4.92 Å². The highest BCUT2D eigenvalue weighted by Crippen LogP contribution is 2.36. The fraction of sp³-hybridized carbons (Fsp3) is 0.292. The lowest BCUT2D eigenvalue weighted by molar-refractivity contribution is -0.383. The van der Waals surface area contributed by atoms with Gasteiger partial charge < -0.3 is 9.88 Å². The average molecular weight is 442 g/mol. The minimum absolute atomic E-state index is 0.127. The van der Waals surface area contributed by atoms with Crippen LogP contribution in [0, 0.1) is 21.4 Å². The molecule has 9 nitrogen and oxygen atoms in total. The zero-order valence-corrected chi connectivity index (χ0v) is 17.9. The van der Waals surface area contributed by atoms with Gasteiger partial charge >= 0.3 is 5.69 Å². The lowest BCUT2D eigenvalue weighted by Gasteiger charge is -2.38. The van der Waals surface area contributed by atoms with Crippen molar-refractivity contribution in [2.75, 3.05) is 31.1 Å². The molecule has 0 radical (unpaired) electrons. The highest BCUT2D eigenvalue weighted by Gasteiger charge is 2.31. The Morgan fingerprint density at radius 2 is 1.91 bits per heavy atom. The summed E-state index contributed by atoms with van der Waals surface area (Å²) in [6.45, 7) is 3.46. The maximum absolute atomic E-state index is 12.5. The van der Waals surface area contributed by atoms with E-state index in [0.717, 1.165) is 43.9 Å². The molecule has 1 aliphatic heterocycles. The van der Waals surface area contributed by atoms with Gasteiger partial charge in [0.15, 0.2) is 5.52 Å². The number of nitro groups is 1. The molecule has 3 aromatic rings. The third-order valence-electron chi connectivity index (χ3n) is 6.50. The van der Waals surface area contributed by atoms with Crippen molar-refractivity contribution in [3.63, 3.8) is 0 Å². The van der Waals surface area contributed by atoms with Gasteiger partial charge in [-0.3, -0.25) is 19.8 Å². The van der Waals surface area contributed by atoms with E-state index in [9.17, 15) is 14.9 Å². The lowest BCUT2D eigenvalue weighted by Crippen LogP contribution is -2.49. The van der Waals surface area contributed by atoms with E-state index in [4.69, 9.17) is 5.26 Å². The number of nitrogens with zero attached hydrogens (tertiary/aromatic N) is 5. The SMILES string of the molecule is N#Cc1ccc(N2CCN(C3C=C(c4[nH]c(=O)c5cccnc5c4[N+](=O)[O-])CC3)CC2)cc1. The molecular formula is C24H22N6O3. The molecule has 3 heterocycles. The van der Waals surface area contributed by atoms with E-state index in [2.05, 4.69) is 31.9 Å². The van der Waals surface area contributed by atoms with Gasteiger partial charge in [-0.05, 0) is 54.8 Å². The fourth-order valence-corrected chi connectivity index (χ4v) is 4.80. The molecule has 2 aliphatic rings. The minimum Gasteiger partial charge on any atom is -0.369 e. The molecule has 1 unspecified atom stereocenters. The van der Waals surface area contributed by atoms with Crippen LogP contribution in [0.2, 0.25) is 0 Å². The molecule has 1 aromatic carbocycles. The van der Waals surface area contributed by atoms with Crippen LogP contribution < -0.4 is 10.5 Å². The van der Waals surface area contributed by atoms with Gasteiger partial charge in [-0.2, -0.15) is 5.26 Å². The molecule has 33 heavy (non-hydrogen) atoms. The average Bonchev–Trinajstić information content (AvgIpc) is 3.34. The predicted molar refractivity (Wildman–Crippen MR) is 125 cm³/mol. The first-order valence-corrected chi connectivity index (χ1v) is 10.9. The van der Waals surface area contributed by atoms with E-state index in [1.807, 2.05) is 24.3 Å². The normalized spacial score (nSPS) is 18.8. The molecule has 166 valence electrons. The first-order valence-electron chi connectivity index (χ1n) is 10.9. The molecule has 1 fully saturated rings. The number of H-pyrrole nitrogens is 1. The molecule has 9 heteroatoms. The zero-order valence-electron chi connectivity index (χ0n) is 17.9. The number of benzene rings is 1. The van der Waals surface area contributed by atoms with Crippen LogP contribution in [0.4, 0.5) is 11.4 Å². The van der Waals surface area contributed by atoms with Gasteiger partial charge in [-0.15, -0.1) is 0 Å². The number of rotatable bonds is 4. The van der Waals surface area contributed by atoms with Crippen molar-refractivity contribution in [2.24, 2.45) is 0 Å². The van der Waals surface area contributed by atoms with Gasteiger partial charge in [-0.1, -0.05) is 6.08 Å². The molecule has 5 rings (SSSR count). The van der Waals surface area contributed by atoms with Gasteiger partial charge in [0.2, 0.25) is 0 Å². The number of aromatic nitrogens is 2. The summed E-state index contributed by atoms with van der Waals surface area (Å²) in [6, 6.07) is 13.1. The van der Waals surface area contributed by atoms with Crippen LogP contribution in [0.3, 0.4) is 0 Å². The van der Waals surface area contributed by atoms with Gasteiger partial charge in [0.1, 0.15) is 5.69 Å². The van der Waals surface area contributed by atoms with E-state index in [1.54, 1.807) is 12.1 Å². The summed E-state index contributed by atoms with van der Waals surface area (Å²) < 4.78 is 0. The number of fused-ring (bicyclic) bond motifs is 1. The fourth-order valence-electron chi connectivity index (χ4n) is 4.80. The number of nitriles is 1. The second-order valence-corrected chi connectivity index (χ2v) is 8.31. The van der Waals surface area contributed by atoms with E-state index >= 15 is 0 Å². The Bertz CT molecular complexity index is 1350. The summed E-state index contributed by atoms with van der Waals surface area (Å²) in [7, 11) is 0. The molecule has 1 atom stereocenters. The summed E-state index contributed by atoms with van der Waals surface area (Å²) in [5.74, 6) is 0. The van der Waals surface area contributed by atoms with Crippen molar-refractivity contribution in [2.45, 2.75) is 18.9 Å². The molecule has 1 aliphatic carbocycles. The topological polar surface area (TPSA) is 119 Å². The van der Waals surface area contributed by atoms with Gasteiger partial charge in [0.25, 0.3) is 5.56 Å². The standard InChI is InChI=1S/C24H22N6O3/c25-15-16-3-6-18(7-4-16)28-10-12-29(13-11-28)19-8-5-17(14-19)21-23(30(32)33)22-20(24(31)27-21)2-1-9-26-22/h1-4,6-7,9,14,19H,5,8,10-13H2,(H,27,31). The number of pyridine rings is 2. The van der Waals surface area contributed by atoms with Crippen molar-refractivity contribution < 1.29 is 4.92 Å². The van der Waals surface area contributed by atoms with Crippen molar-refractivity contribution in [1.82, 2.24) is 14.9 Å². The monoisotopic (exact) mass is 442 g/mol. The molecule has 0 bridgehead atoms. The maximum atomic E-state index is 12.5. The Morgan fingerprint density at radius 1 is 1.15 bits per heavy atom. The van der Waals surface area contributed by atoms with E-state index in [1.165, 1.54) is 6.20 Å². The van der Waals surface area contributed by atoms with Crippen molar-refractivity contribution >= 4 is 27.9 Å². The smallest absolute Gasteiger partial charge is 0.319 e. The number of aromatic amines is 1. The predicted octanol–water partition coefficient (Wildman–Crippen LogP) is 3.07. The summed E-state index contributed by atoms with van der Waals surface area (Å²) in [5, 5.41) is 21.1. The summed E-state index contributed by atoms with van der Waals surface area (Å²) in [6.07, 6.45) is 5.05.